The summed E-state index contributed by atoms with van der Waals surface area (Å²) < 4.78 is 5.33. The summed E-state index contributed by atoms with van der Waals surface area (Å²) in [6.45, 7) is 8.52. The highest BCUT2D eigenvalue weighted by atomic mass is 16.5. The maximum absolute atomic E-state index is 8.00. The van der Waals surface area contributed by atoms with Gasteiger partial charge in [-0.1, -0.05) is 20.3 Å². The van der Waals surface area contributed by atoms with Crippen molar-refractivity contribution in [2.45, 2.75) is 45.6 Å². The molecule has 1 atom stereocenters. The molecule has 0 aromatic heterocycles. The Morgan fingerprint density at radius 1 is 1.36 bits per heavy atom. The first-order valence-corrected chi connectivity index (χ1v) is 4.02. The topological polar surface area (TPSA) is 26.3 Å². The Labute approximate surface area is 69.9 Å². The van der Waals surface area contributed by atoms with Crippen molar-refractivity contribution in [3.05, 3.63) is 0 Å². The van der Waals surface area contributed by atoms with Crippen LogP contribution in [0.1, 0.15) is 40.0 Å². The molecule has 0 saturated heterocycles. The van der Waals surface area contributed by atoms with Crippen LogP contribution < -0.4 is 0 Å². The van der Waals surface area contributed by atoms with Crippen LogP contribution in [-0.2, 0) is 9.53 Å². The molecule has 11 heavy (non-hydrogen) atoms. The summed E-state index contributed by atoms with van der Waals surface area (Å²) in [6, 6.07) is 0. The highest BCUT2D eigenvalue weighted by Crippen LogP contribution is 2.19. The third-order valence-corrected chi connectivity index (χ3v) is 2.02. The van der Waals surface area contributed by atoms with E-state index in [1.165, 1.54) is 12.8 Å². The van der Waals surface area contributed by atoms with Crippen LogP contribution in [0.3, 0.4) is 0 Å². The van der Waals surface area contributed by atoms with E-state index in [-0.39, 0.29) is 5.60 Å². The minimum absolute atomic E-state index is 0.134. The lowest BCUT2D eigenvalue weighted by molar-refractivity contribution is -0.0979. The minimum Gasteiger partial charge on any atom is -0.379 e. The fourth-order valence-electron chi connectivity index (χ4n) is 0.952. The highest BCUT2D eigenvalue weighted by Gasteiger charge is 2.18. The molecule has 0 aromatic carbocycles. The molecule has 0 amide bonds. The third-order valence-electron chi connectivity index (χ3n) is 2.02. The number of rotatable bonds is 4. The summed E-state index contributed by atoms with van der Waals surface area (Å²) >= 11 is 0. The fraction of sp³-hybridized carbons (Fsp3) is 0.889. The Morgan fingerprint density at radius 2 is 1.82 bits per heavy atom. The van der Waals surface area contributed by atoms with E-state index in [2.05, 4.69) is 20.8 Å². The van der Waals surface area contributed by atoms with Gasteiger partial charge in [-0.3, -0.25) is 0 Å². The van der Waals surface area contributed by atoms with E-state index in [9.17, 15) is 0 Å². The molecule has 0 bridgehead atoms. The lowest BCUT2D eigenvalue weighted by Gasteiger charge is -2.25. The molecule has 0 radical (unpaired) electrons. The Morgan fingerprint density at radius 3 is 1.91 bits per heavy atom. The van der Waals surface area contributed by atoms with E-state index >= 15 is 0 Å². The van der Waals surface area contributed by atoms with Gasteiger partial charge in [-0.15, -0.1) is 0 Å². The molecule has 0 rings (SSSR count). The lowest BCUT2D eigenvalue weighted by atomic mass is 9.97. The second-order valence-corrected chi connectivity index (χ2v) is 2.76. The molecule has 0 aliphatic rings. The first-order chi connectivity index (χ1) is 5.18. The zero-order valence-electron chi connectivity index (χ0n) is 8.14. The SMILES string of the molecule is C=O.CCCC(C)(CC)OC. The normalized spacial score (nSPS) is 14.5. The first kappa shape index (κ1) is 13.2. The number of carbonyl (C=O) groups excluding carboxylic acids is 1. The van der Waals surface area contributed by atoms with Crippen LogP contribution in [0.15, 0.2) is 0 Å². The maximum Gasteiger partial charge on any atom is 0.106 e. The number of methoxy groups -OCH3 is 1. The summed E-state index contributed by atoms with van der Waals surface area (Å²) in [5.74, 6) is 0. The van der Waals surface area contributed by atoms with Crippen molar-refractivity contribution in [1.82, 2.24) is 0 Å². The summed E-state index contributed by atoms with van der Waals surface area (Å²) in [7, 11) is 1.79. The molecule has 0 aliphatic heterocycles. The van der Waals surface area contributed by atoms with Crippen LogP contribution in [0.25, 0.3) is 0 Å². The summed E-state index contributed by atoms with van der Waals surface area (Å²) in [6.07, 6.45) is 3.48. The van der Waals surface area contributed by atoms with Crippen LogP contribution in [0.5, 0.6) is 0 Å². The summed E-state index contributed by atoms with van der Waals surface area (Å²) in [4.78, 5) is 8.00. The van der Waals surface area contributed by atoms with Crippen LogP contribution in [0.4, 0.5) is 0 Å². The van der Waals surface area contributed by atoms with Crippen molar-refractivity contribution >= 4 is 6.79 Å². The van der Waals surface area contributed by atoms with Crippen LogP contribution in [-0.4, -0.2) is 19.5 Å². The standard InChI is InChI=1S/C8H18O.CH2O/c1-5-7-8(3,6-2)9-4;1-2/h5-7H2,1-4H3;1H2. The Kier molecular flexibility index (Phi) is 9.31. The van der Waals surface area contributed by atoms with Crippen molar-refractivity contribution in [2.75, 3.05) is 7.11 Å². The van der Waals surface area contributed by atoms with Gasteiger partial charge < -0.3 is 9.53 Å². The van der Waals surface area contributed by atoms with Gasteiger partial charge in [-0.2, -0.15) is 0 Å². The average Bonchev–Trinajstić information content (AvgIpc) is 2.08. The molecule has 0 N–H and O–H groups in total. The van der Waals surface area contributed by atoms with Crippen molar-refractivity contribution in [2.24, 2.45) is 0 Å². The van der Waals surface area contributed by atoms with Gasteiger partial charge in [0.1, 0.15) is 6.79 Å². The second-order valence-electron chi connectivity index (χ2n) is 2.76. The number of ether oxygens (including phenoxy) is 1. The zero-order valence-corrected chi connectivity index (χ0v) is 8.14. The molecular formula is C9H20O2. The lowest BCUT2D eigenvalue weighted by Crippen LogP contribution is -2.25. The van der Waals surface area contributed by atoms with E-state index in [1.54, 1.807) is 7.11 Å². The first-order valence-electron chi connectivity index (χ1n) is 4.02. The van der Waals surface area contributed by atoms with Gasteiger partial charge in [0.2, 0.25) is 0 Å². The molecule has 0 aromatic rings. The van der Waals surface area contributed by atoms with Gasteiger partial charge in [-0.25, -0.2) is 0 Å². The average molecular weight is 160 g/mol. The van der Waals surface area contributed by atoms with Crippen LogP contribution in [0.2, 0.25) is 0 Å². The molecule has 2 nitrogen and oxygen atoms in total. The quantitative estimate of drug-likeness (QED) is 0.631. The van der Waals surface area contributed by atoms with E-state index in [1.807, 2.05) is 6.79 Å². The summed E-state index contributed by atoms with van der Waals surface area (Å²) in [5.41, 5.74) is 0.134. The van der Waals surface area contributed by atoms with E-state index in [0.29, 0.717) is 0 Å². The Bertz CT molecular complexity index is 77.6. The highest BCUT2D eigenvalue weighted by molar-refractivity contribution is 5.10. The number of hydrogen-bond acceptors (Lipinski definition) is 2. The molecule has 0 spiro atoms. The van der Waals surface area contributed by atoms with E-state index in [0.717, 1.165) is 6.42 Å². The Hall–Kier alpha value is -0.370. The molecule has 68 valence electrons. The summed E-state index contributed by atoms with van der Waals surface area (Å²) in [5, 5.41) is 0. The van der Waals surface area contributed by atoms with Crippen molar-refractivity contribution in [3.63, 3.8) is 0 Å². The zero-order chi connectivity index (χ0) is 9.33. The molecule has 0 aliphatic carbocycles. The molecule has 0 saturated carbocycles. The smallest absolute Gasteiger partial charge is 0.106 e. The predicted octanol–water partition coefficient (Wildman–Crippen LogP) is 2.42. The molecular weight excluding hydrogens is 140 g/mol. The van der Waals surface area contributed by atoms with Crippen molar-refractivity contribution < 1.29 is 9.53 Å². The van der Waals surface area contributed by atoms with Crippen LogP contribution >= 0.6 is 0 Å². The van der Waals surface area contributed by atoms with Crippen molar-refractivity contribution in [3.8, 4) is 0 Å². The van der Waals surface area contributed by atoms with Gasteiger partial charge in [0.25, 0.3) is 0 Å². The van der Waals surface area contributed by atoms with E-state index < -0.39 is 0 Å². The van der Waals surface area contributed by atoms with Crippen LogP contribution in [0, 0.1) is 0 Å². The maximum atomic E-state index is 8.00. The van der Waals surface area contributed by atoms with Crippen molar-refractivity contribution in [1.29, 1.82) is 0 Å². The van der Waals surface area contributed by atoms with Gasteiger partial charge in [0.05, 0.1) is 5.60 Å². The Balaban J connectivity index is 0. The van der Waals surface area contributed by atoms with Gasteiger partial charge in [-0.05, 0) is 19.8 Å². The van der Waals surface area contributed by atoms with E-state index in [4.69, 9.17) is 9.53 Å². The molecule has 0 fully saturated rings. The molecule has 2 heteroatoms. The fourth-order valence-corrected chi connectivity index (χ4v) is 0.952. The molecule has 1 unspecified atom stereocenters. The molecule has 0 heterocycles. The largest absolute Gasteiger partial charge is 0.379 e. The monoisotopic (exact) mass is 160 g/mol. The number of carbonyl (C=O) groups is 1. The van der Waals surface area contributed by atoms with Gasteiger partial charge >= 0.3 is 0 Å². The second kappa shape index (κ2) is 7.73. The van der Waals surface area contributed by atoms with Gasteiger partial charge in [0.15, 0.2) is 0 Å². The third kappa shape index (κ3) is 6.05. The minimum atomic E-state index is 0.134. The van der Waals surface area contributed by atoms with Gasteiger partial charge in [0, 0.05) is 7.11 Å². The number of hydrogen-bond donors (Lipinski definition) is 0. The predicted molar refractivity (Wildman–Crippen MR) is 47.7 cm³/mol.